The number of hydrogen-bond acceptors (Lipinski definition) is 3. The molecule has 2 aliphatic rings. The van der Waals surface area contributed by atoms with E-state index in [4.69, 9.17) is 13.9 Å². The first-order valence-electron chi connectivity index (χ1n) is 9.51. The topological polar surface area (TPSA) is 31.0 Å². The van der Waals surface area contributed by atoms with E-state index in [0.717, 1.165) is 37.2 Å². The van der Waals surface area contributed by atoms with Crippen LogP contribution in [0.1, 0.15) is 62.3 Å². The average molecular weight is 362 g/mol. The predicted octanol–water partition coefficient (Wildman–Crippen LogP) is 5.28. The van der Waals surface area contributed by atoms with Gasteiger partial charge in [0.15, 0.2) is 0 Å². The number of fused-ring (bicyclic) bond motifs is 1. The van der Waals surface area contributed by atoms with Crippen molar-refractivity contribution in [3.05, 3.63) is 22.3 Å². The second kappa shape index (κ2) is 6.31. The lowest BCUT2D eigenvalue weighted by atomic mass is 9.84. The van der Waals surface area contributed by atoms with Crippen LogP contribution in [-0.2, 0) is 11.2 Å². The van der Waals surface area contributed by atoms with Gasteiger partial charge in [0, 0.05) is 5.56 Å². The molecule has 0 saturated carbocycles. The summed E-state index contributed by atoms with van der Waals surface area (Å²) in [5, 5.41) is 0. The van der Waals surface area contributed by atoms with Crippen molar-refractivity contribution in [3.8, 4) is 11.5 Å². The highest BCUT2D eigenvalue weighted by Crippen LogP contribution is 2.46. The van der Waals surface area contributed by atoms with Crippen molar-refractivity contribution < 1.29 is 13.9 Å². The number of epoxide rings is 1. The normalized spacial score (nSPS) is 27.0. The number of benzene rings is 1. The van der Waals surface area contributed by atoms with Gasteiger partial charge in [-0.25, -0.2) is 0 Å². The Hall–Kier alpha value is -1.00. The zero-order valence-corrected chi connectivity index (χ0v) is 18.1. The SMILES string of the molecule is Cc1c(C)c2c(c(C)c1O[Si](C)C)CC[C@](C)(CCC1OC1(C)C)O2. The molecule has 0 aromatic heterocycles. The standard InChI is InChI=1S/C21H33O3Si/c1-13-14(2)19-16(15(3)18(13)24-25(7)8)9-11-21(6,23-19)12-10-17-20(4,5)22-17/h17H,9-12H2,1-8H3/t17?,21-/m1/s1. The van der Waals surface area contributed by atoms with E-state index < -0.39 is 9.04 Å². The van der Waals surface area contributed by atoms with Crippen molar-refractivity contribution in [3.63, 3.8) is 0 Å². The van der Waals surface area contributed by atoms with Gasteiger partial charge in [0.1, 0.15) is 17.1 Å². The molecular weight excluding hydrogens is 328 g/mol. The lowest BCUT2D eigenvalue weighted by molar-refractivity contribution is 0.0508. The Morgan fingerprint density at radius 2 is 1.72 bits per heavy atom. The van der Waals surface area contributed by atoms with Crippen molar-refractivity contribution in [2.45, 2.75) is 97.6 Å². The van der Waals surface area contributed by atoms with Gasteiger partial charge >= 0.3 is 0 Å². The lowest BCUT2D eigenvalue weighted by Crippen LogP contribution is -2.37. The zero-order valence-electron chi connectivity index (χ0n) is 17.1. The summed E-state index contributed by atoms with van der Waals surface area (Å²) in [4.78, 5) is 0. The van der Waals surface area contributed by atoms with Gasteiger partial charge in [-0.2, -0.15) is 0 Å². The van der Waals surface area contributed by atoms with E-state index >= 15 is 0 Å². The molecule has 1 fully saturated rings. The molecule has 139 valence electrons. The molecule has 25 heavy (non-hydrogen) atoms. The van der Waals surface area contributed by atoms with E-state index in [2.05, 4.69) is 54.6 Å². The van der Waals surface area contributed by atoms with Crippen molar-refractivity contribution in [2.75, 3.05) is 0 Å². The summed E-state index contributed by atoms with van der Waals surface area (Å²) in [6.45, 7) is 17.5. The van der Waals surface area contributed by atoms with Gasteiger partial charge in [-0.05, 0) is 97.0 Å². The van der Waals surface area contributed by atoms with E-state index in [1.165, 1.54) is 22.3 Å². The van der Waals surface area contributed by atoms with Crippen LogP contribution >= 0.6 is 0 Å². The molecule has 0 N–H and O–H groups in total. The Labute approximate surface area is 154 Å². The number of ether oxygens (including phenoxy) is 2. The van der Waals surface area contributed by atoms with Gasteiger partial charge in [0.2, 0.25) is 0 Å². The highest BCUT2D eigenvalue weighted by molar-refractivity contribution is 6.49. The molecule has 2 atom stereocenters. The third-order valence-corrected chi connectivity index (χ3v) is 6.58. The van der Waals surface area contributed by atoms with E-state index in [0.29, 0.717) is 6.10 Å². The summed E-state index contributed by atoms with van der Waals surface area (Å²) < 4.78 is 18.6. The zero-order chi connectivity index (χ0) is 18.6. The maximum absolute atomic E-state index is 6.62. The molecule has 1 unspecified atom stereocenters. The first kappa shape index (κ1) is 18.8. The van der Waals surface area contributed by atoms with Crippen LogP contribution in [0.15, 0.2) is 0 Å². The van der Waals surface area contributed by atoms with Crippen LogP contribution < -0.4 is 9.16 Å². The van der Waals surface area contributed by atoms with Gasteiger partial charge in [-0.1, -0.05) is 0 Å². The van der Waals surface area contributed by atoms with Crippen LogP contribution in [0.25, 0.3) is 0 Å². The fraction of sp³-hybridized carbons (Fsp3) is 0.714. The Kier molecular flexibility index (Phi) is 4.74. The van der Waals surface area contributed by atoms with E-state index in [-0.39, 0.29) is 11.2 Å². The monoisotopic (exact) mass is 361 g/mol. The van der Waals surface area contributed by atoms with Gasteiger partial charge in [-0.3, -0.25) is 0 Å². The summed E-state index contributed by atoms with van der Waals surface area (Å²) in [7, 11) is -0.773. The Morgan fingerprint density at radius 1 is 1.08 bits per heavy atom. The minimum atomic E-state index is -0.773. The molecule has 1 saturated heterocycles. The minimum Gasteiger partial charge on any atom is -0.542 e. The first-order valence-corrected chi connectivity index (χ1v) is 11.9. The third kappa shape index (κ3) is 3.61. The van der Waals surface area contributed by atoms with Gasteiger partial charge in [-0.15, -0.1) is 0 Å². The summed E-state index contributed by atoms with van der Waals surface area (Å²) >= 11 is 0. The van der Waals surface area contributed by atoms with Crippen molar-refractivity contribution in [2.24, 2.45) is 0 Å². The van der Waals surface area contributed by atoms with Crippen LogP contribution in [-0.4, -0.2) is 26.3 Å². The summed E-state index contributed by atoms with van der Waals surface area (Å²) in [6.07, 6.45) is 4.65. The molecule has 4 heteroatoms. The Balaban J connectivity index is 1.83. The Bertz CT molecular complexity index is 680. The maximum atomic E-state index is 6.62. The molecule has 1 aromatic carbocycles. The Morgan fingerprint density at radius 3 is 2.28 bits per heavy atom. The molecule has 0 bridgehead atoms. The van der Waals surface area contributed by atoms with E-state index in [1.807, 2.05) is 0 Å². The fourth-order valence-corrected chi connectivity index (χ4v) is 4.70. The smallest absolute Gasteiger partial charge is 0.274 e. The predicted molar refractivity (Wildman–Crippen MR) is 104 cm³/mol. The van der Waals surface area contributed by atoms with E-state index in [9.17, 15) is 0 Å². The molecule has 0 spiro atoms. The maximum Gasteiger partial charge on any atom is 0.274 e. The quantitative estimate of drug-likeness (QED) is 0.528. The van der Waals surface area contributed by atoms with Gasteiger partial charge < -0.3 is 13.9 Å². The van der Waals surface area contributed by atoms with Crippen molar-refractivity contribution in [1.82, 2.24) is 0 Å². The van der Waals surface area contributed by atoms with Crippen LogP contribution in [0.4, 0.5) is 0 Å². The summed E-state index contributed by atoms with van der Waals surface area (Å²) in [5.74, 6) is 2.20. The largest absolute Gasteiger partial charge is 0.542 e. The molecule has 1 radical (unpaired) electrons. The molecule has 0 amide bonds. The van der Waals surface area contributed by atoms with Crippen LogP contribution in [0.5, 0.6) is 11.5 Å². The first-order chi connectivity index (χ1) is 11.5. The molecular formula is C21H33O3Si. The van der Waals surface area contributed by atoms with Crippen LogP contribution in [0.2, 0.25) is 13.1 Å². The molecule has 2 aliphatic heterocycles. The third-order valence-electron chi connectivity index (χ3n) is 5.97. The van der Waals surface area contributed by atoms with E-state index in [1.54, 1.807) is 0 Å². The second-order valence-electron chi connectivity index (χ2n) is 8.82. The highest BCUT2D eigenvalue weighted by atomic mass is 28.3. The lowest BCUT2D eigenvalue weighted by Gasteiger charge is -2.38. The molecule has 3 rings (SSSR count). The number of hydrogen-bond donors (Lipinski definition) is 0. The van der Waals surface area contributed by atoms with Crippen LogP contribution in [0.3, 0.4) is 0 Å². The average Bonchev–Trinajstić information content (AvgIpc) is 3.14. The van der Waals surface area contributed by atoms with Crippen molar-refractivity contribution >= 4 is 9.04 Å². The fourth-order valence-electron chi connectivity index (χ4n) is 3.99. The molecule has 1 aromatic rings. The summed E-state index contributed by atoms with van der Waals surface area (Å²) in [5.41, 5.74) is 5.08. The second-order valence-corrected chi connectivity index (χ2v) is 10.8. The molecule has 3 nitrogen and oxygen atoms in total. The summed E-state index contributed by atoms with van der Waals surface area (Å²) in [6, 6.07) is 0. The molecule has 0 aliphatic carbocycles. The minimum absolute atomic E-state index is 0.0674. The van der Waals surface area contributed by atoms with Gasteiger partial charge in [0.05, 0.1) is 11.7 Å². The highest BCUT2D eigenvalue weighted by Gasteiger charge is 2.48. The van der Waals surface area contributed by atoms with Crippen LogP contribution in [0, 0.1) is 20.8 Å². The number of rotatable bonds is 5. The van der Waals surface area contributed by atoms with Crippen molar-refractivity contribution in [1.29, 1.82) is 0 Å². The van der Waals surface area contributed by atoms with Gasteiger partial charge in [0.25, 0.3) is 9.04 Å². The molecule has 2 heterocycles.